The van der Waals surface area contributed by atoms with E-state index in [1.165, 1.54) is 47.1 Å². The molecule has 4 heteroatoms. The van der Waals surface area contributed by atoms with Gasteiger partial charge < -0.3 is 0 Å². The molecule has 0 fully saturated rings. The summed E-state index contributed by atoms with van der Waals surface area (Å²) in [6, 6.07) is 38.2. The number of halogens is 2. The van der Waals surface area contributed by atoms with Gasteiger partial charge in [0.05, 0.1) is 0 Å². The van der Waals surface area contributed by atoms with Gasteiger partial charge in [-0.2, -0.15) is 0 Å². The van der Waals surface area contributed by atoms with Crippen molar-refractivity contribution in [2.75, 3.05) is 0 Å². The molecule has 0 N–H and O–H groups in total. The van der Waals surface area contributed by atoms with Crippen LogP contribution in [0.5, 0.6) is 0 Å². The minimum absolute atomic E-state index is 0. The predicted molar refractivity (Wildman–Crippen MR) is 159 cm³/mol. The Balaban J connectivity index is 0.00000133. The molecule has 0 saturated heterocycles. The third-order valence-electron chi connectivity index (χ3n) is 7.92. The standard InChI is InChI=1S/C17H11.C9H7.C6H5.BH.2ClH.Zr/c1-2-6-15-12(4-1)8-10-14-11-9-13-5-3-7-16(13)17(14)15;1-2-5-9-7-3-6-8(9)4-1;1-2-4-6-5-3-1;;;;/h1-4,6,8-11H,7H2;1-7H;1-5H;3*1H;. The molecule has 0 amide bonds. The van der Waals surface area contributed by atoms with Crippen molar-refractivity contribution in [3.05, 3.63) is 138 Å². The fourth-order valence-electron chi connectivity index (χ4n) is 6.29. The van der Waals surface area contributed by atoms with Crippen molar-refractivity contribution in [1.29, 1.82) is 0 Å². The fourth-order valence-corrected chi connectivity index (χ4v) is 16.6. The summed E-state index contributed by atoms with van der Waals surface area (Å²) in [6.45, 7) is 0. The van der Waals surface area contributed by atoms with Crippen LogP contribution >= 0.6 is 24.8 Å². The van der Waals surface area contributed by atoms with Gasteiger partial charge >= 0.3 is 206 Å². The maximum atomic E-state index is 5.23. The van der Waals surface area contributed by atoms with Crippen LogP contribution in [0.3, 0.4) is 0 Å². The molecule has 0 heterocycles. The van der Waals surface area contributed by atoms with E-state index in [-0.39, 0.29) is 24.8 Å². The second kappa shape index (κ2) is 9.83. The molecule has 0 saturated carbocycles. The summed E-state index contributed by atoms with van der Waals surface area (Å²) in [6.07, 6.45) is 8.31. The van der Waals surface area contributed by atoms with E-state index in [1.807, 2.05) is 0 Å². The van der Waals surface area contributed by atoms with Crippen LogP contribution in [0, 0.1) is 0 Å². The summed E-state index contributed by atoms with van der Waals surface area (Å²) in [5.41, 5.74) is 5.74. The Morgan fingerprint density at radius 2 is 1.39 bits per heavy atom. The van der Waals surface area contributed by atoms with Crippen molar-refractivity contribution in [2.45, 2.75) is 10.0 Å². The molecule has 2 aliphatic carbocycles. The van der Waals surface area contributed by atoms with Crippen molar-refractivity contribution in [3.8, 4) is 0 Å². The van der Waals surface area contributed by atoms with Crippen molar-refractivity contribution < 1.29 is 19.5 Å². The maximum absolute atomic E-state index is 5.23. The van der Waals surface area contributed by atoms with Gasteiger partial charge in [-0.1, -0.05) is 0 Å². The molecule has 175 valence electrons. The molecule has 5 aromatic carbocycles. The molecule has 7 rings (SSSR count). The summed E-state index contributed by atoms with van der Waals surface area (Å²) >= 11 is -3.41. The fraction of sp³-hybridized carbons (Fsp3) is 0.0625. The SMILES string of the molecule is Cl.Cl.[BH]=[Zr]([C]1=CCc2c1ccc1ccc3ccccc3c21)([c]1ccccc1)[CH]1C=Cc2ccccc21. The Kier molecular flexibility index (Phi) is 6.90. The zero-order valence-corrected chi connectivity index (χ0v) is 23.9. The van der Waals surface area contributed by atoms with Crippen LogP contribution in [0.4, 0.5) is 0 Å². The molecule has 0 bridgehead atoms. The number of hydrogen-bond acceptors (Lipinski definition) is 0. The first-order valence-corrected chi connectivity index (χ1v) is 17.7. The van der Waals surface area contributed by atoms with Gasteiger partial charge in [-0.15, -0.1) is 24.8 Å². The molecule has 0 aliphatic heterocycles. The summed E-state index contributed by atoms with van der Waals surface area (Å²) in [5.74, 6) is 0. The van der Waals surface area contributed by atoms with E-state index in [4.69, 9.17) is 4.94 Å². The van der Waals surface area contributed by atoms with Crippen LogP contribution in [0.2, 0.25) is 0 Å². The van der Waals surface area contributed by atoms with E-state index in [2.05, 4.69) is 121 Å². The van der Waals surface area contributed by atoms with E-state index in [9.17, 15) is 0 Å². The van der Waals surface area contributed by atoms with E-state index >= 15 is 0 Å². The van der Waals surface area contributed by atoms with Gasteiger partial charge in [0.1, 0.15) is 0 Å². The van der Waals surface area contributed by atoms with Gasteiger partial charge in [0, 0.05) is 0 Å². The topological polar surface area (TPSA) is 0 Å². The van der Waals surface area contributed by atoms with Gasteiger partial charge in [0.2, 0.25) is 0 Å². The van der Waals surface area contributed by atoms with Crippen molar-refractivity contribution in [1.82, 2.24) is 0 Å². The molecular weight excluding hydrogens is 557 g/mol. The summed E-state index contributed by atoms with van der Waals surface area (Å²) in [4.78, 5) is 5.23. The van der Waals surface area contributed by atoms with Crippen molar-refractivity contribution in [3.63, 3.8) is 0 Å². The monoisotopic (exact) mass is 581 g/mol. The molecule has 36 heavy (non-hydrogen) atoms. The molecule has 0 nitrogen and oxygen atoms in total. The summed E-state index contributed by atoms with van der Waals surface area (Å²) in [5, 5.41) is 5.44. The van der Waals surface area contributed by atoms with E-state index in [0.29, 0.717) is 3.63 Å². The van der Waals surface area contributed by atoms with Crippen LogP contribution < -0.4 is 3.27 Å². The molecule has 0 aromatic heterocycles. The van der Waals surface area contributed by atoms with Gasteiger partial charge in [0.25, 0.3) is 0 Å². The molecule has 2 aliphatic rings. The van der Waals surface area contributed by atoms with Gasteiger partial charge in [-0.05, 0) is 0 Å². The van der Waals surface area contributed by atoms with Crippen LogP contribution in [-0.4, -0.2) is 4.94 Å². The van der Waals surface area contributed by atoms with Gasteiger partial charge in [-0.3, -0.25) is 0 Å². The molecule has 5 aromatic rings. The third kappa shape index (κ3) is 3.69. The number of benzene rings is 5. The molecule has 0 radical (unpaired) electrons. The second-order valence-electron chi connectivity index (χ2n) is 9.60. The second-order valence-corrected chi connectivity index (χ2v) is 18.6. The average Bonchev–Trinajstić information content (AvgIpc) is 3.54. The summed E-state index contributed by atoms with van der Waals surface area (Å²) in [7, 11) is 0. The quantitative estimate of drug-likeness (QED) is 0.150. The molecule has 0 spiro atoms. The average molecular weight is 584 g/mol. The van der Waals surface area contributed by atoms with Crippen LogP contribution in [-0.2, 0) is 26.0 Å². The number of allylic oxidation sites excluding steroid dienone is 2. The van der Waals surface area contributed by atoms with Crippen molar-refractivity contribution in [2.24, 2.45) is 0 Å². The normalized spacial score (nSPS) is 17.0. The Labute approximate surface area is 229 Å². The van der Waals surface area contributed by atoms with Crippen LogP contribution in [0.25, 0.3) is 30.9 Å². The Bertz CT molecular complexity index is 1720. The van der Waals surface area contributed by atoms with Gasteiger partial charge in [-0.25, -0.2) is 0 Å². The number of hydrogen-bond donors (Lipinski definition) is 0. The Hall–Kier alpha value is -2.37. The van der Waals surface area contributed by atoms with Gasteiger partial charge in [0.15, 0.2) is 0 Å². The Morgan fingerprint density at radius 1 is 0.694 bits per heavy atom. The summed E-state index contributed by atoms with van der Waals surface area (Å²) < 4.78 is 3.42. The zero-order chi connectivity index (χ0) is 22.7. The van der Waals surface area contributed by atoms with Crippen molar-refractivity contribution >= 4 is 63.9 Å². The minimum atomic E-state index is -3.41. The first-order valence-electron chi connectivity index (χ1n) is 12.1. The third-order valence-corrected chi connectivity index (χ3v) is 18.6. The predicted octanol–water partition coefficient (Wildman–Crippen LogP) is 7.80. The van der Waals surface area contributed by atoms with E-state index < -0.39 is 19.5 Å². The molecular formula is C32H26BCl2Zr. The molecule has 2 atom stereocenters. The first kappa shape index (κ1) is 25.3. The zero-order valence-electron chi connectivity index (χ0n) is 19.9. The first-order chi connectivity index (χ1) is 16.7. The van der Waals surface area contributed by atoms with Crippen LogP contribution in [0.15, 0.2) is 115 Å². The Morgan fingerprint density at radius 3 is 2.25 bits per heavy atom. The van der Waals surface area contributed by atoms with E-state index in [1.54, 1.807) is 3.28 Å². The number of fused-ring (bicyclic) bond motifs is 6. The van der Waals surface area contributed by atoms with E-state index in [0.717, 1.165) is 6.42 Å². The molecule has 2 unspecified atom stereocenters. The van der Waals surface area contributed by atoms with Crippen LogP contribution in [0.1, 0.15) is 25.9 Å². The number of rotatable bonds is 3.